The van der Waals surface area contributed by atoms with Crippen molar-refractivity contribution in [3.05, 3.63) is 23.9 Å². The summed E-state index contributed by atoms with van der Waals surface area (Å²) in [4.78, 5) is 11.6. The zero-order valence-corrected chi connectivity index (χ0v) is 15.7. The summed E-state index contributed by atoms with van der Waals surface area (Å²) in [6, 6.07) is 4.22. The Bertz CT molecular complexity index is 560. The number of rotatable bonds is 6. The molecule has 1 saturated heterocycles. The number of ether oxygens (including phenoxy) is 1. The number of hydrogen-bond donors (Lipinski definition) is 2. The summed E-state index contributed by atoms with van der Waals surface area (Å²) < 4.78 is 5.79. The van der Waals surface area contributed by atoms with E-state index < -0.39 is 0 Å². The van der Waals surface area contributed by atoms with Crippen LogP contribution in [0.5, 0.6) is 0 Å². The van der Waals surface area contributed by atoms with E-state index >= 15 is 0 Å². The first kappa shape index (κ1) is 18.0. The lowest BCUT2D eigenvalue weighted by molar-refractivity contribution is -0.00545. The first-order valence-electron chi connectivity index (χ1n) is 9.51. The molecule has 25 heavy (non-hydrogen) atoms. The van der Waals surface area contributed by atoms with Crippen molar-refractivity contribution in [3.8, 4) is 0 Å². The molecule has 2 unspecified atom stereocenters. The van der Waals surface area contributed by atoms with Gasteiger partial charge in [0.05, 0.1) is 18.8 Å². The molecule has 0 bridgehead atoms. The molecule has 1 aliphatic carbocycles. The van der Waals surface area contributed by atoms with Gasteiger partial charge in [0.2, 0.25) is 0 Å². The molecular formula is C19H31N5O. The van der Waals surface area contributed by atoms with Gasteiger partial charge in [-0.1, -0.05) is 6.07 Å². The van der Waals surface area contributed by atoms with Gasteiger partial charge in [0.25, 0.3) is 0 Å². The Morgan fingerprint density at radius 3 is 2.60 bits per heavy atom. The number of anilines is 1. The molecule has 0 aromatic carbocycles. The minimum absolute atomic E-state index is 0.245. The maximum atomic E-state index is 5.79. The Hall–Kier alpha value is -1.82. The zero-order chi connectivity index (χ0) is 17.6. The summed E-state index contributed by atoms with van der Waals surface area (Å²) in [6.45, 7) is 10.6. The van der Waals surface area contributed by atoms with Gasteiger partial charge in [-0.25, -0.2) is 9.98 Å². The van der Waals surface area contributed by atoms with Gasteiger partial charge in [0.15, 0.2) is 5.96 Å². The van der Waals surface area contributed by atoms with Crippen LogP contribution in [0.15, 0.2) is 23.3 Å². The van der Waals surface area contributed by atoms with Crippen LogP contribution in [-0.2, 0) is 11.3 Å². The Morgan fingerprint density at radius 1 is 1.24 bits per heavy atom. The lowest BCUT2D eigenvalue weighted by atomic mass is 10.2. The highest BCUT2D eigenvalue weighted by atomic mass is 16.5. The van der Waals surface area contributed by atoms with Crippen LogP contribution >= 0.6 is 0 Å². The van der Waals surface area contributed by atoms with E-state index in [2.05, 4.69) is 58.4 Å². The van der Waals surface area contributed by atoms with Crippen molar-refractivity contribution in [1.29, 1.82) is 0 Å². The van der Waals surface area contributed by atoms with Gasteiger partial charge in [-0.2, -0.15) is 0 Å². The van der Waals surface area contributed by atoms with Crippen molar-refractivity contribution < 1.29 is 4.74 Å². The van der Waals surface area contributed by atoms with Crippen molar-refractivity contribution >= 4 is 11.8 Å². The van der Waals surface area contributed by atoms with E-state index in [-0.39, 0.29) is 12.2 Å². The van der Waals surface area contributed by atoms with Crippen LogP contribution in [-0.4, -0.2) is 49.3 Å². The zero-order valence-electron chi connectivity index (χ0n) is 15.7. The van der Waals surface area contributed by atoms with Crippen molar-refractivity contribution in [1.82, 2.24) is 15.6 Å². The first-order chi connectivity index (χ1) is 12.1. The summed E-state index contributed by atoms with van der Waals surface area (Å²) >= 11 is 0. The second kappa shape index (κ2) is 8.52. The summed E-state index contributed by atoms with van der Waals surface area (Å²) in [7, 11) is 0. The molecule has 2 fully saturated rings. The Morgan fingerprint density at radius 2 is 2.00 bits per heavy atom. The molecule has 6 heteroatoms. The highest BCUT2D eigenvalue weighted by Gasteiger charge is 2.23. The minimum Gasteiger partial charge on any atom is -0.372 e. The summed E-state index contributed by atoms with van der Waals surface area (Å²) in [5.74, 6) is 2.76. The molecule has 6 nitrogen and oxygen atoms in total. The molecule has 1 saturated carbocycles. The fraction of sp³-hybridized carbons (Fsp3) is 0.684. The lowest BCUT2D eigenvalue weighted by Crippen LogP contribution is -2.45. The average molecular weight is 345 g/mol. The van der Waals surface area contributed by atoms with Crippen LogP contribution in [0.4, 0.5) is 5.82 Å². The molecule has 3 rings (SSSR count). The quantitative estimate of drug-likeness (QED) is 0.611. The van der Waals surface area contributed by atoms with Crippen LogP contribution in [0.25, 0.3) is 0 Å². The smallest absolute Gasteiger partial charge is 0.191 e. The average Bonchev–Trinajstić information content (AvgIpc) is 3.41. The van der Waals surface area contributed by atoms with Gasteiger partial charge in [-0.3, -0.25) is 0 Å². The minimum atomic E-state index is 0.245. The molecule has 1 aliphatic heterocycles. The standard InChI is InChI=1S/C19H31N5O/c1-4-20-19(22-9-16-5-6-16)23-11-17-7-8-18(21-10-17)24-12-14(2)25-15(3)13-24/h7-8,10,14-16H,4-6,9,11-13H2,1-3H3,(H2,20,22,23). The second-order valence-electron chi connectivity index (χ2n) is 7.21. The molecule has 2 N–H and O–H groups in total. The monoisotopic (exact) mass is 345 g/mol. The number of hydrogen-bond acceptors (Lipinski definition) is 4. The topological polar surface area (TPSA) is 61.8 Å². The molecule has 2 aliphatic rings. The summed E-state index contributed by atoms with van der Waals surface area (Å²) in [5, 5.41) is 6.73. The fourth-order valence-corrected chi connectivity index (χ4v) is 3.14. The van der Waals surface area contributed by atoms with Gasteiger partial charge in [-0.15, -0.1) is 0 Å². The highest BCUT2D eigenvalue weighted by Crippen LogP contribution is 2.27. The third-order valence-electron chi connectivity index (χ3n) is 4.57. The molecule has 2 atom stereocenters. The molecule has 1 aromatic heterocycles. The molecule has 0 amide bonds. The molecular weight excluding hydrogens is 314 g/mol. The van der Waals surface area contributed by atoms with Crippen molar-refractivity contribution in [2.45, 2.75) is 52.4 Å². The third kappa shape index (κ3) is 5.59. The van der Waals surface area contributed by atoms with Crippen LogP contribution in [0.1, 0.15) is 39.2 Å². The van der Waals surface area contributed by atoms with Crippen LogP contribution in [0.2, 0.25) is 0 Å². The van der Waals surface area contributed by atoms with Gasteiger partial charge in [0.1, 0.15) is 5.82 Å². The predicted molar refractivity (Wildman–Crippen MR) is 102 cm³/mol. The first-order valence-corrected chi connectivity index (χ1v) is 9.51. The van der Waals surface area contributed by atoms with E-state index in [0.717, 1.165) is 49.4 Å². The van der Waals surface area contributed by atoms with E-state index in [9.17, 15) is 0 Å². The number of aromatic nitrogens is 1. The Kier molecular flexibility index (Phi) is 6.13. The van der Waals surface area contributed by atoms with E-state index in [0.29, 0.717) is 6.54 Å². The van der Waals surface area contributed by atoms with Gasteiger partial charge in [0, 0.05) is 32.4 Å². The number of nitrogens with zero attached hydrogens (tertiary/aromatic N) is 3. The Balaban J connectivity index is 1.56. The maximum Gasteiger partial charge on any atom is 0.191 e. The highest BCUT2D eigenvalue weighted by molar-refractivity contribution is 5.79. The number of aliphatic imine (C=N–C) groups is 1. The number of guanidine groups is 1. The van der Waals surface area contributed by atoms with E-state index in [1.807, 2.05) is 6.20 Å². The Labute approximate surface area is 151 Å². The molecule has 0 spiro atoms. The summed E-state index contributed by atoms with van der Waals surface area (Å²) in [5.41, 5.74) is 1.13. The van der Waals surface area contributed by atoms with E-state index in [1.54, 1.807) is 0 Å². The van der Waals surface area contributed by atoms with Crippen molar-refractivity contribution in [2.24, 2.45) is 10.9 Å². The second-order valence-corrected chi connectivity index (χ2v) is 7.21. The van der Waals surface area contributed by atoms with Gasteiger partial charge >= 0.3 is 0 Å². The molecule has 1 aromatic rings. The summed E-state index contributed by atoms with van der Waals surface area (Å²) in [6.07, 6.45) is 5.12. The van der Waals surface area contributed by atoms with Crippen molar-refractivity contribution in [2.75, 3.05) is 31.1 Å². The largest absolute Gasteiger partial charge is 0.372 e. The lowest BCUT2D eigenvalue weighted by Gasteiger charge is -2.36. The van der Waals surface area contributed by atoms with Gasteiger partial charge < -0.3 is 20.3 Å². The molecule has 138 valence electrons. The van der Waals surface area contributed by atoms with E-state index in [4.69, 9.17) is 4.74 Å². The number of morpholine rings is 1. The number of nitrogens with one attached hydrogen (secondary N) is 2. The predicted octanol–water partition coefficient (Wildman–Crippen LogP) is 2.16. The molecule has 0 radical (unpaired) electrons. The third-order valence-corrected chi connectivity index (χ3v) is 4.57. The fourth-order valence-electron chi connectivity index (χ4n) is 3.14. The SMILES string of the molecule is CCNC(=NCc1ccc(N2CC(C)OC(C)C2)nc1)NCC1CC1. The normalized spacial score (nSPS) is 24.3. The van der Waals surface area contributed by atoms with Crippen LogP contribution in [0.3, 0.4) is 0 Å². The molecule has 2 heterocycles. The van der Waals surface area contributed by atoms with E-state index in [1.165, 1.54) is 12.8 Å². The van der Waals surface area contributed by atoms with Gasteiger partial charge in [-0.05, 0) is 51.2 Å². The van der Waals surface area contributed by atoms with Crippen molar-refractivity contribution in [3.63, 3.8) is 0 Å². The van der Waals surface area contributed by atoms with Crippen LogP contribution < -0.4 is 15.5 Å². The number of pyridine rings is 1. The van der Waals surface area contributed by atoms with Crippen LogP contribution in [0, 0.1) is 5.92 Å². The maximum absolute atomic E-state index is 5.79.